The Balaban J connectivity index is 2.04. The molecule has 0 fully saturated rings. The van der Waals surface area contributed by atoms with Gasteiger partial charge >= 0.3 is 0 Å². The monoisotopic (exact) mass is 391 g/mol. The van der Waals surface area contributed by atoms with Gasteiger partial charge in [0, 0.05) is 16.2 Å². The van der Waals surface area contributed by atoms with E-state index in [-0.39, 0.29) is 0 Å². The number of aryl methyl sites for hydroxylation is 1. The fourth-order valence-electron chi connectivity index (χ4n) is 2.03. The fourth-order valence-corrected chi connectivity index (χ4v) is 3.05. The zero-order valence-electron chi connectivity index (χ0n) is 10.7. The first kappa shape index (κ1) is 13.6. The number of rotatable bonds is 2. The molecule has 0 aliphatic rings. The van der Waals surface area contributed by atoms with Crippen molar-refractivity contribution in [2.24, 2.45) is 0 Å². The first-order valence-electron chi connectivity index (χ1n) is 6.12. The van der Waals surface area contributed by atoms with E-state index in [9.17, 15) is 0 Å². The third-order valence-corrected chi connectivity index (χ3v) is 4.28. The Hall–Kier alpha value is -1.39. The Labute approximate surface area is 134 Å². The normalized spacial score (nSPS) is 10.8. The van der Waals surface area contributed by atoms with Crippen LogP contribution in [0.3, 0.4) is 0 Å². The maximum Gasteiger partial charge on any atom is 0.222 e. The summed E-state index contributed by atoms with van der Waals surface area (Å²) >= 11 is 7.02. The number of pyridine rings is 1. The number of hydrogen-bond donors (Lipinski definition) is 0. The lowest BCUT2D eigenvalue weighted by atomic mass is 10.1. The zero-order chi connectivity index (χ0) is 14.1. The van der Waals surface area contributed by atoms with Crippen LogP contribution in [0, 0.1) is 6.92 Å². The highest BCUT2D eigenvalue weighted by atomic mass is 79.9. The molecule has 3 rings (SSSR count). The van der Waals surface area contributed by atoms with Crippen molar-refractivity contribution in [3.8, 4) is 11.6 Å². The van der Waals surface area contributed by atoms with Crippen LogP contribution in [0.15, 0.2) is 57.6 Å². The average molecular weight is 393 g/mol. The number of fused-ring (bicyclic) bond motifs is 1. The molecule has 0 aliphatic heterocycles. The van der Waals surface area contributed by atoms with Crippen LogP contribution in [-0.4, -0.2) is 4.98 Å². The molecule has 0 spiro atoms. The summed E-state index contributed by atoms with van der Waals surface area (Å²) in [5, 5.41) is 2.30. The van der Waals surface area contributed by atoms with Gasteiger partial charge in [0.2, 0.25) is 5.88 Å². The van der Waals surface area contributed by atoms with Crippen LogP contribution in [0.4, 0.5) is 0 Å². The van der Waals surface area contributed by atoms with Crippen molar-refractivity contribution >= 4 is 42.6 Å². The van der Waals surface area contributed by atoms with Gasteiger partial charge in [0.05, 0.1) is 4.47 Å². The predicted octanol–water partition coefficient (Wildman–Crippen LogP) is 5.86. The van der Waals surface area contributed by atoms with Crippen LogP contribution in [0.1, 0.15) is 5.56 Å². The number of benzene rings is 2. The molecular weight excluding hydrogens is 382 g/mol. The third kappa shape index (κ3) is 2.58. The fraction of sp³-hybridized carbons (Fsp3) is 0.0625. The molecule has 2 aromatic carbocycles. The molecule has 20 heavy (non-hydrogen) atoms. The topological polar surface area (TPSA) is 22.1 Å². The third-order valence-electron chi connectivity index (χ3n) is 3.03. The molecule has 1 heterocycles. The van der Waals surface area contributed by atoms with Gasteiger partial charge in [0.25, 0.3) is 0 Å². The highest BCUT2D eigenvalue weighted by Crippen LogP contribution is 2.36. The van der Waals surface area contributed by atoms with Crippen molar-refractivity contribution in [3.63, 3.8) is 0 Å². The molecule has 100 valence electrons. The Bertz CT molecular complexity index is 787. The lowest BCUT2D eigenvalue weighted by Crippen LogP contribution is -1.92. The van der Waals surface area contributed by atoms with Gasteiger partial charge in [-0.25, -0.2) is 4.98 Å². The number of ether oxygens (including phenoxy) is 1. The van der Waals surface area contributed by atoms with E-state index in [0.717, 1.165) is 25.6 Å². The van der Waals surface area contributed by atoms with Gasteiger partial charge in [-0.3, -0.25) is 0 Å². The van der Waals surface area contributed by atoms with E-state index in [4.69, 9.17) is 4.74 Å². The molecule has 0 saturated carbocycles. The molecule has 2 nitrogen and oxygen atoms in total. The van der Waals surface area contributed by atoms with Crippen molar-refractivity contribution < 1.29 is 4.74 Å². The van der Waals surface area contributed by atoms with E-state index in [1.807, 2.05) is 37.3 Å². The summed E-state index contributed by atoms with van der Waals surface area (Å²) in [6.45, 7) is 1.97. The molecule has 0 unspecified atom stereocenters. The van der Waals surface area contributed by atoms with Gasteiger partial charge in [-0.15, -0.1) is 0 Å². The molecule has 0 amide bonds. The van der Waals surface area contributed by atoms with Crippen LogP contribution >= 0.6 is 31.9 Å². The van der Waals surface area contributed by atoms with E-state index < -0.39 is 0 Å². The largest absolute Gasteiger partial charge is 0.438 e. The van der Waals surface area contributed by atoms with Crippen LogP contribution in [0.2, 0.25) is 0 Å². The average Bonchev–Trinajstić information content (AvgIpc) is 2.45. The number of halogens is 2. The minimum Gasteiger partial charge on any atom is -0.438 e. The van der Waals surface area contributed by atoms with E-state index in [2.05, 4.69) is 49.0 Å². The van der Waals surface area contributed by atoms with Gasteiger partial charge in [-0.1, -0.05) is 30.3 Å². The summed E-state index contributed by atoms with van der Waals surface area (Å²) in [5.74, 6) is 1.38. The van der Waals surface area contributed by atoms with E-state index >= 15 is 0 Å². The summed E-state index contributed by atoms with van der Waals surface area (Å²) in [5.41, 5.74) is 0.986. The summed E-state index contributed by atoms with van der Waals surface area (Å²) in [4.78, 5) is 4.30. The van der Waals surface area contributed by atoms with Crippen molar-refractivity contribution in [1.82, 2.24) is 4.98 Å². The highest BCUT2D eigenvalue weighted by molar-refractivity contribution is 9.11. The highest BCUT2D eigenvalue weighted by Gasteiger charge is 2.09. The van der Waals surface area contributed by atoms with Gasteiger partial charge in [-0.05, 0) is 61.7 Å². The molecule has 0 N–H and O–H groups in total. The molecule has 0 saturated heterocycles. The smallest absolute Gasteiger partial charge is 0.222 e. The standard InChI is InChI=1S/C16H11Br2NO/c1-10-8-12(17)9-19-16(10)20-14-7-6-11-4-2-3-5-13(11)15(14)18/h2-9H,1H3. The van der Waals surface area contributed by atoms with Gasteiger partial charge < -0.3 is 4.74 Å². The van der Waals surface area contributed by atoms with Crippen LogP contribution in [-0.2, 0) is 0 Å². The van der Waals surface area contributed by atoms with Crippen molar-refractivity contribution in [2.75, 3.05) is 0 Å². The SMILES string of the molecule is Cc1cc(Br)cnc1Oc1ccc2ccccc2c1Br. The first-order chi connectivity index (χ1) is 9.65. The van der Waals surface area contributed by atoms with E-state index in [1.54, 1.807) is 6.20 Å². The maximum absolute atomic E-state index is 5.92. The molecular formula is C16H11Br2NO. The van der Waals surface area contributed by atoms with Crippen molar-refractivity contribution in [3.05, 3.63) is 63.2 Å². The zero-order valence-corrected chi connectivity index (χ0v) is 13.9. The minimum atomic E-state index is 0.615. The second kappa shape index (κ2) is 5.54. The molecule has 4 heteroatoms. The van der Waals surface area contributed by atoms with Gasteiger partial charge in [0.1, 0.15) is 5.75 Å². The Morgan fingerprint density at radius 1 is 1.05 bits per heavy atom. The Kier molecular flexibility index (Phi) is 3.76. The summed E-state index contributed by atoms with van der Waals surface area (Å²) in [6.07, 6.45) is 1.73. The van der Waals surface area contributed by atoms with Crippen LogP contribution in [0.25, 0.3) is 10.8 Å². The molecule has 1 aromatic heterocycles. The van der Waals surface area contributed by atoms with Crippen LogP contribution < -0.4 is 4.74 Å². The lowest BCUT2D eigenvalue weighted by molar-refractivity contribution is 0.457. The Morgan fingerprint density at radius 2 is 1.85 bits per heavy atom. The Morgan fingerprint density at radius 3 is 2.65 bits per heavy atom. The second-order valence-corrected chi connectivity index (χ2v) is 6.19. The maximum atomic E-state index is 5.92. The number of hydrogen-bond acceptors (Lipinski definition) is 2. The van der Waals surface area contributed by atoms with Crippen LogP contribution in [0.5, 0.6) is 11.6 Å². The number of nitrogens with zero attached hydrogens (tertiary/aromatic N) is 1. The van der Waals surface area contributed by atoms with E-state index in [1.165, 1.54) is 5.39 Å². The predicted molar refractivity (Wildman–Crippen MR) is 88.4 cm³/mol. The van der Waals surface area contributed by atoms with Crippen molar-refractivity contribution in [1.29, 1.82) is 0 Å². The van der Waals surface area contributed by atoms with Crippen molar-refractivity contribution in [2.45, 2.75) is 6.92 Å². The van der Waals surface area contributed by atoms with Gasteiger partial charge in [0.15, 0.2) is 0 Å². The number of aromatic nitrogens is 1. The first-order valence-corrected chi connectivity index (χ1v) is 7.71. The minimum absolute atomic E-state index is 0.615. The molecule has 3 aromatic rings. The summed E-state index contributed by atoms with van der Waals surface area (Å²) in [6, 6.07) is 14.2. The lowest BCUT2D eigenvalue weighted by Gasteiger charge is -2.11. The van der Waals surface area contributed by atoms with Gasteiger partial charge in [-0.2, -0.15) is 0 Å². The molecule has 0 bridgehead atoms. The quantitative estimate of drug-likeness (QED) is 0.544. The second-order valence-electron chi connectivity index (χ2n) is 4.48. The molecule has 0 aliphatic carbocycles. The van der Waals surface area contributed by atoms with E-state index in [0.29, 0.717) is 5.88 Å². The summed E-state index contributed by atoms with van der Waals surface area (Å²) in [7, 11) is 0. The molecule has 0 atom stereocenters. The molecule has 0 radical (unpaired) electrons. The summed E-state index contributed by atoms with van der Waals surface area (Å²) < 4.78 is 7.81.